The average Bonchev–Trinajstić information content (AvgIpc) is 2.81. The lowest BCUT2D eigenvalue weighted by atomic mass is 9.67. The fourth-order valence-electron chi connectivity index (χ4n) is 4.89. The number of esters is 1. The van der Waals surface area contributed by atoms with E-state index in [4.69, 9.17) is 19.2 Å². The highest BCUT2D eigenvalue weighted by molar-refractivity contribution is 6.09. The van der Waals surface area contributed by atoms with Gasteiger partial charge in [0, 0.05) is 29.3 Å². The molecule has 1 aliphatic heterocycles. The lowest BCUT2D eigenvalue weighted by Crippen LogP contribution is -2.39. The molecule has 0 saturated carbocycles. The van der Waals surface area contributed by atoms with E-state index in [0.29, 0.717) is 29.9 Å². The van der Waals surface area contributed by atoms with E-state index in [0.717, 1.165) is 22.6 Å². The number of methoxy groups -OCH3 is 2. The normalized spacial score (nSPS) is 21.4. The Labute approximate surface area is 200 Å². The summed E-state index contributed by atoms with van der Waals surface area (Å²) in [5.41, 5.74) is 3.68. The first-order valence-electron chi connectivity index (χ1n) is 11.5. The molecule has 1 heterocycles. The second-order valence-electron chi connectivity index (χ2n) is 9.74. The molecule has 2 aromatic rings. The molecule has 1 unspecified atom stereocenters. The third-order valence-corrected chi connectivity index (χ3v) is 6.57. The van der Waals surface area contributed by atoms with Gasteiger partial charge in [0.2, 0.25) is 0 Å². The third kappa shape index (κ3) is 4.76. The van der Waals surface area contributed by atoms with Crippen LogP contribution in [0.15, 0.2) is 64.8 Å². The van der Waals surface area contributed by atoms with Gasteiger partial charge in [0.1, 0.15) is 24.0 Å². The van der Waals surface area contributed by atoms with Gasteiger partial charge < -0.3 is 14.2 Å². The number of Topliss-reactive ketones (excluding diaryl/α,β-unsaturated/α-hetero) is 1. The molecule has 4 rings (SSSR count). The maximum absolute atomic E-state index is 13.4. The summed E-state index contributed by atoms with van der Waals surface area (Å²) in [6.45, 7) is 6.15. The van der Waals surface area contributed by atoms with Gasteiger partial charge in [-0.25, -0.2) is 0 Å². The molecule has 2 atom stereocenters. The summed E-state index contributed by atoms with van der Waals surface area (Å²) in [6, 6.07) is 14.9. The smallest absolute Gasteiger partial charge is 0.315 e. The fourth-order valence-corrected chi connectivity index (χ4v) is 4.89. The van der Waals surface area contributed by atoms with Crippen molar-refractivity contribution in [3.05, 3.63) is 70.9 Å². The molecule has 1 aliphatic carbocycles. The van der Waals surface area contributed by atoms with Gasteiger partial charge in [0.25, 0.3) is 0 Å². The van der Waals surface area contributed by atoms with Crippen molar-refractivity contribution in [3.63, 3.8) is 0 Å². The molecule has 0 saturated heterocycles. The molecule has 0 bridgehead atoms. The van der Waals surface area contributed by atoms with Crippen molar-refractivity contribution in [2.75, 3.05) is 14.2 Å². The number of nitrogens with zero attached hydrogens (tertiary/aromatic N) is 1. The average molecular weight is 462 g/mol. The predicted octanol–water partition coefficient (Wildman–Crippen LogP) is 5.26. The molecule has 6 nitrogen and oxygen atoms in total. The van der Waals surface area contributed by atoms with Crippen molar-refractivity contribution in [1.29, 1.82) is 0 Å². The molecule has 6 heteroatoms. The Hall–Kier alpha value is -3.41. The van der Waals surface area contributed by atoms with Crippen molar-refractivity contribution in [3.8, 4) is 11.5 Å². The minimum atomic E-state index is -0.671. The number of benzene rings is 2. The quantitative estimate of drug-likeness (QED) is 0.548. The van der Waals surface area contributed by atoms with E-state index in [9.17, 15) is 9.59 Å². The largest absolute Gasteiger partial charge is 0.497 e. The zero-order valence-electron chi connectivity index (χ0n) is 20.4. The van der Waals surface area contributed by atoms with Crippen molar-refractivity contribution in [2.45, 2.75) is 46.1 Å². The van der Waals surface area contributed by atoms with Crippen LogP contribution in [-0.2, 0) is 20.9 Å². The number of rotatable bonds is 6. The molecule has 0 radical (unpaired) electrons. The van der Waals surface area contributed by atoms with Crippen LogP contribution in [0.2, 0.25) is 0 Å². The van der Waals surface area contributed by atoms with Crippen LogP contribution in [0.1, 0.15) is 50.7 Å². The zero-order valence-corrected chi connectivity index (χ0v) is 20.4. The topological polar surface area (TPSA) is 74.2 Å². The maximum Gasteiger partial charge on any atom is 0.315 e. The third-order valence-electron chi connectivity index (χ3n) is 6.57. The van der Waals surface area contributed by atoms with E-state index in [1.807, 2.05) is 55.5 Å². The Bertz CT molecular complexity index is 1140. The van der Waals surface area contributed by atoms with E-state index >= 15 is 0 Å². The first kappa shape index (κ1) is 23.7. The Morgan fingerprint density at radius 3 is 2.15 bits per heavy atom. The Balaban J connectivity index is 1.68. The molecule has 0 amide bonds. The maximum atomic E-state index is 13.4. The summed E-state index contributed by atoms with van der Waals surface area (Å²) >= 11 is 0. The van der Waals surface area contributed by atoms with Crippen LogP contribution in [-0.4, -0.2) is 31.7 Å². The molecule has 178 valence electrons. The number of aliphatic imine (C=N–C) groups is 1. The minimum absolute atomic E-state index is 0.0521. The highest BCUT2D eigenvalue weighted by Gasteiger charge is 2.46. The van der Waals surface area contributed by atoms with E-state index < -0.39 is 11.8 Å². The zero-order chi connectivity index (χ0) is 24.5. The molecule has 0 fully saturated rings. The Morgan fingerprint density at radius 1 is 0.971 bits per heavy atom. The van der Waals surface area contributed by atoms with Gasteiger partial charge in [0.05, 0.1) is 14.2 Å². The van der Waals surface area contributed by atoms with Gasteiger partial charge in [-0.2, -0.15) is 0 Å². The predicted molar refractivity (Wildman–Crippen MR) is 130 cm³/mol. The van der Waals surface area contributed by atoms with Crippen molar-refractivity contribution in [1.82, 2.24) is 0 Å². The van der Waals surface area contributed by atoms with E-state index in [2.05, 4.69) is 13.8 Å². The van der Waals surface area contributed by atoms with E-state index in [1.54, 1.807) is 14.2 Å². The highest BCUT2D eigenvalue weighted by Crippen LogP contribution is 2.48. The van der Waals surface area contributed by atoms with Gasteiger partial charge in [-0.3, -0.25) is 14.6 Å². The minimum Gasteiger partial charge on any atom is -0.497 e. The monoisotopic (exact) mass is 461 g/mol. The summed E-state index contributed by atoms with van der Waals surface area (Å²) in [4.78, 5) is 31.6. The van der Waals surface area contributed by atoms with Gasteiger partial charge in [-0.1, -0.05) is 38.1 Å². The number of allylic oxidation sites excluding steroid dienone is 2. The van der Waals surface area contributed by atoms with Crippen LogP contribution < -0.4 is 9.47 Å². The highest BCUT2D eigenvalue weighted by atomic mass is 16.5. The van der Waals surface area contributed by atoms with Gasteiger partial charge in [0.15, 0.2) is 5.78 Å². The molecular weight excluding hydrogens is 430 g/mol. The number of carbonyl (C=O) groups is 2. The Kier molecular flexibility index (Phi) is 6.60. The molecule has 0 N–H and O–H groups in total. The number of hydrogen-bond acceptors (Lipinski definition) is 6. The summed E-state index contributed by atoms with van der Waals surface area (Å²) in [5.74, 6) is 0.0104. The first-order valence-corrected chi connectivity index (χ1v) is 11.5. The van der Waals surface area contributed by atoms with Crippen molar-refractivity contribution < 1.29 is 23.8 Å². The lowest BCUT2D eigenvalue weighted by Gasteiger charge is -2.39. The summed E-state index contributed by atoms with van der Waals surface area (Å²) < 4.78 is 16.2. The molecule has 0 aromatic heterocycles. The number of hydrogen-bond donors (Lipinski definition) is 0. The molecule has 2 aliphatic rings. The number of carbonyl (C=O) groups excluding carboxylic acids is 2. The second kappa shape index (κ2) is 9.45. The molecule has 34 heavy (non-hydrogen) atoms. The van der Waals surface area contributed by atoms with Crippen LogP contribution >= 0.6 is 0 Å². The first-order chi connectivity index (χ1) is 16.2. The molecule has 2 aromatic carbocycles. The fraction of sp³-hybridized carbons (Fsp3) is 0.393. The summed E-state index contributed by atoms with van der Waals surface area (Å²) in [6.07, 6.45) is 1.13. The molecule has 0 spiro atoms. The van der Waals surface area contributed by atoms with E-state index in [1.165, 1.54) is 0 Å². The summed E-state index contributed by atoms with van der Waals surface area (Å²) in [7, 11) is 3.22. The second-order valence-corrected chi connectivity index (χ2v) is 9.74. The van der Waals surface area contributed by atoms with Crippen LogP contribution in [0.4, 0.5) is 0 Å². The van der Waals surface area contributed by atoms with Gasteiger partial charge >= 0.3 is 5.97 Å². The van der Waals surface area contributed by atoms with Crippen LogP contribution in [0.3, 0.4) is 0 Å². The van der Waals surface area contributed by atoms with Crippen LogP contribution in [0.25, 0.3) is 0 Å². The van der Waals surface area contributed by atoms with Gasteiger partial charge in [-0.15, -0.1) is 0 Å². The van der Waals surface area contributed by atoms with Crippen LogP contribution in [0.5, 0.6) is 11.5 Å². The van der Waals surface area contributed by atoms with Crippen molar-refractivity contribution >= 4 is 17.5 Å². The summed E-state index contributed by atoms with van der Waals surface area (Å²) in [5, 5.41) is 0. The van der Waals surface area contributed by atoms with Gasteiger partial charge in [-0.05, 0) is 54.2 Å². The number of ether oxygens (including phenoxy) is 3. The lowest BCUT2D eigenvalue weighted by molar-refractivity contribution is -0.148. The van der Waals surface area contributed by atoms with Crippen LogP contribution in [0, 0.1) is 11.3 Å². The standard InChI is InChI=1S/C28H31NO5/c1-17-24(27(31)34-16-18-6-10-20(32-4)11-7-18)25(19-8-12-21(33-5)13-9-19)26-22(29-17)14-28(2,3)15-23(26)30/h6-13,24-25H,14-16H2,1-5H3/t24?,25-/m1/s1. The Morgan fingerprint density at radius 2 is 1.56 bits per heavy atom. The van der Waals surface area contributed by atoms with Crippen molar-refractivity contribution in [2.24, 2.45) is 16.3 Å². The van der Waals surface area contributed by atoms with E-state index in [-0.39, 0.29) is 23.8 Å². The number of ketones is 1. The SMILES string of the molecule is COc1ccc(COC(=O)C2C(C)=NC3=C(C(=O)CC(C)(C)C3)[C@@H]2c2ccc(OC)cc2)cc1. The molecular formula is C28H31NO5.